The van der Waals surface area contributed by atoms with Gasteiger partial charge in [-0.25, -0.2) is 9.18 Å². The summed E-state index contributed by atoms with van der Waals surface area (Å²) in [6, 6.07) is -0.743. The minimum absolute atomic E-state index is 0.247. The second kappa shape index (κ2) is 6.14. The van der Waals surface area contributed by atoms with Gasteiger partial charge in [0.05, 0.1) is 5.60 Å². The first kappa shape index (κ1) is 15.6. The summed E-state index contributed by atoms with van der Waals surface area (Å²) in [5.41, 5.74) is -0.590. The number of hydrogen-bond donors (Lipinski definition) is 1. The number of nitrogens with zero attached hydrogens (tertiary/aromatic N) is 1. The van der Waals surface area contributed by atoms with Crippen LogP contribution in [0.5, 0.6) is 0 Å². The van der Waals surface area contributed by atoms with Crippen LogP contribution < -0.4 is 5.32 Å². The van der Waals surface area contributed by atoms with E-state index in [0.717, 1.165) is 4.90 Å². The molecular formula is C13H21FN2O3. The fourth-order valence-electron chi connectivity index (χ4n) is 2.65. The van der Waals surface area contributed by atoms with Crippen LogP contribution in [0.3, 0.4) is 0 Å². The SMILES string of the molecule is C=CN(C(=O)NC=O)[C@@H]1OC(CC)(CC)[C@@H](C)[C@H]1F. The van der Waals surface area contributed by atoms with E-state index in [1.807, 2.05) is 19.2 Å². The van der Waals surface area contributed by atoms with E-state index in [-0.39, 0.29) is 12.3 Å². The van der Waals surface area contributed by atoms with Crippen LogP contribution in [-0.4, -0.2) is 35.3 Å². The number of ether oxygens (including phenoxy) is 1. The zero-order chi connectivity index (χ0) is 14.6. The van der Waals surface area contributed by atoms with Gasteiger partial charge in [0.1, 0.15) is 0 Å². The molecule has 5 nitrogen and oxygen atoms in total. The van der Waals surface area contributed by atoms with Crippen molar-refractivity contribution in [3.63, 3.8) is 0 Å². The van der Waals surface area contributed by atoms with E-state index < -0.39 is 24.0 Å². The summed E-state index contributed by atoms with van der Waals surface area (Å²) >= 11 is 0. The fraction of sp³-hybridized carbons (Fsp3) is 0.692. The number of urea groups is 1. The number of carbonyl (C=O) groups is 2. The lowest BCUT2D eigenvalue weighted by Gasteiger charge is -2.31. The second-order valence-corrected chi connectivity index (χ2v) is 4.67. The zero-order valence-corrected chi connectivity index (χ0v) is 11.6. The molecule has 1 heterocycles. The van der Waals surface area contributed by atoms with Gasteiger partial charge in [0.25, 0.3) is 0 Å². The highest BCUT2D eigenvalue weighted by Crippen LogP contribution is 2.43. The van der Waals surface area contributed by atoms with Crippen LogP contribution in [0.15, 0.2) is 12.8 Å². The molecule has 1 aliphatic heterocycles. The maximum atomic E-state index is 14.4. The van der Waals surface area contributed by atoms with Crippen molar-refractivity contribution in [2.24, 2.45) is 5.92 Å². The molecule has 1 saturated heterocycles. The maximum absolute atomic E-state index is 14.4. The van der Waals surface area contributed by atoms with Crippen molar-refractivity contribution in [2.45, 2.75) is 51.6 Å². The van der Waals surface area contributed by atoms with E-state index in [4.69, 9.17) is 4.74 Å². The normalized spacial score (nSPS) is 28.7. The Balaban J connectivity index is 2.98. The van der Waals surface area contributed by atoms with Crippen LogP contribution in [0.1, 0.15) is 33.6 Å². The van der Waals surface area contributed by atoms with E-state index in [9.17, 15) is 14.0 Å². The topological polar surface area (TPSA) is 58.6 Å². The number of rotatable bonds is 5. The quantitative estimate of drug-likeness (QED) is 0.780. The number of nitrogens with one attached hydrogen (secondary N) is 1. The highest BCUT2D eigenvalue weighted by atomic mass is 19.1. The van der Waals surface area contributed by atoms with Crippen molar-refractivity contribution in [2.75, 3.05) is 0 Å². The molecule has 0 aliphatic carbocycles. The average molecular weight is 272 g/mol. The highest BCUT2D eigenvalue weighted by molar-refractivity contribution is 5.85. The van der Waals surface area contributed by atoms with Gasteiger partial charge in [0.2, 0.25) is 6.41 Å². The molecule has 0 unspecified atom stereocenters. The average Bonchev–Trinajstić information content (AvgIpc) is 2.66. The van der Waals surface area contributed by atoms with Crippen LogP contribution in [0.4, 0.5) is 9.18 Å². The number of imide groups is 1. The first-order chi connectivity index (χ1) is 8.97. The molecule has 19 heavy (non-hydrogen) atoms. The molecule has 0 aromatic carbocycles. The molecule has 0 aromatic heterocycles. The largest absolute Gasteiger partial charge is 0.348 e. The van der Waals surface area contributed by atoms with Gasteiger partial charge in [0.15, 0.2) is 12.4 Å². The first-order valence-corrected chi connectivity index (χ1v) is 6.44. The summed E-state index contributed by atoms with van der Waals surface area (Å²) in [6.07, 6.45) is 0.355. The van der Waals surface area contributed by atoms with Crippen LogP contribution >= 0.6 is 0 Å². The van der Waals surface area contributed by atoms with Crippen LogP contribution in [0, 0.1) is 5.92 Å². The number of amides is 3. The molecule has 0 radical (unpaired) electrons. The summed E-state index contributed by atoms with van der Waals surface area (Å²) in [5.74, 6) is -0.334. The molecule has 0 bridgehead atoms. The van der Waals surface area contributed by atoms with Gasteiger partial charge >= 0.3 is 6.03 Å². The van der Waals surface area contributed by atoms with Crippen molar-refractivity contribution in [3.05, 3.63) is 12.8 Å². The molecule has 1 N–H and O–H groups in total. The molecule has 0 spiro atoms. The summed E-state index contributed by atoms with van der Waals surface area (Å²) in [7, 11) is 0. The van der Waals surface area contributed by atoms with E-state index in [1.165, 1.54) is 6.20 Å². The number of alkyl halides is 1. The fourth-order valence-corrected chi connectivity index (χ4v) is 2.65. The zero-order valence-electron chi connectivity index (χ0n) is 11.6. The van der Waals surface area contributed by atoms with Crippen LogP contribution in [0.25, 0.3) is 0 Å². The lowest BCUT2D eigenvalue weighted by atomic mass is 9.83. The molecule has 1 fully saturated rings. The minimum Gasteiger partial charge on any atom is -0.348 e. The van der Waals surface area contributed by atoms with Gasteiger partial charge in [0, 0.05) is 12.1 Å². The highest BCUT2D eigenvalue weighted by Gasteiger charge is 2.53. The van der Waals surface area contributed by atoms with Crippen molar-refractivity contribution >= 4 is 12.4 Å². The number of hydrogen-bond acceptors (Lipinski definition) is 3. The molecule has 0 saturated carbocycles. The Hall–Kier alpha value is -1.43. The van der Waals surface area contributed by atoms with Crippen molar-refractivity contribution in [1.29, 1.82) is 0 Å². The molecule has 108 valence electrons. The summed E-state index contributed by atoms with van der Waals surface area (Å²) in [5, 5.41) is 1.96. The Kier molecular flexibility index (Phi) is 5.05. The van der Waals surface area contributed by atoms with E-state index in [2.05, 4.69) is 6.58 Å². The predicted octanol–water partition coefficient (Wildman–Crippen LogP) is 2.19. The van der Waals surface area contributed by atoms with Gasteiger partial charge in [-0.1, -0.05) is 27.4 Å². The number of halogens is 1. The van der Waals surface area contributed by atoms with Gasteiger partial charge in [-0.3, -0.25) is 15.0 Å². The standard InChI is InChI=1S/C13H21FN2O3/c1-5-13(6-2)9(4)10(14)11(19-13)16(7-3)12(18)15-8-17/h7-11H,3,5-6H2,1-2,4H3,(H,15,17,18)/t9-,10+,11+/m0/s1. The molecule has 1 rings (SSSR count). The first-order valence-electron chi connectivity index (χ1n) is 6.44. The Bertz CT molecular complexity index is 358. The Morgan fingerprint density at radius 3 is 2.47 bits per heavy atom. The van der Waals surface area contributed by atoms with Gasteiger partial charge in [-0.15, -0.1) is 0 Å². The van der Waals surface area contributed by atoms with Crippen molar-refractivity contribution < 1.29 is 18.7 Å². The lowest BCUT2D eigenvalue weighted by molar-refractivity contribution is -0.110. The molecule has 0 aromatic rings. The Labute approximate surface area is 112 Å². The Morgan fingerprint density at radius 1 is 1.53 bits per heavy atom. The van der Waals surface area contributed by atoms with Crippen LogP contribution in [0.2, 0.25) is 0 Å². The summed E-state index contributed by atoms with van der Waals surface area (Å²) < 4.78 is 20.2. The third-order valence-corrected chi connectivity index (χ3v) is 4.02. The lowest BCUT2D eigenvalue weighted by Crippen LogP contribution is -2.46. The monoisotopic (exact) mass is 272 g/mol. The molecule has 6 heteroatoms. The third kappa shape index (κ3) is 2.63. The van der Waals surface area contributed by atoms with E-state index in [0.29, 0.717) is 12.8 Å². The summed E-state index contributed by atoms with van der Waals surface area (Å²) in [4.78, 5) is 23.0. The molecular weight excluding hydrogens is 251 g/mol. The maximum Gasteiger partial charge on any atom is 0.330 e. The smallest absolute Gasteiger partial charge is 0.330 e. The van der Waals surface area contributed by atoms with Gasteiger partial charge in [-0.05, 0) is 12.8 Å². The van der Waals surface area contributed by atoms with Crippen LogP contribution in [-0.2, 0) is 9.53 Å². The van der Waals surface area contributed by atoms with E-state index >= 15 is 0 Å². The van der Waals surface area contributed by atoms with Gasteiger partial charge in [-0.2, -0.15) is 0 Å². The van der Waals surface area contributed by atoms with E-state index in [1.54, 1.807) is 6.92 Å². The molecule has 3 amide bonds. The summed E-state index contributed by atoms with van der Waals surface area (Å²) in [6.45, 7) is 9.10. The molecule has 1 aliphatic rings. The van der Waals surface area contributed by atoms with Gasteiger partial charge < -0.3 is 4.74 Å². The predicted molar refractivity (Wildman–Crippen MR) is 68.9 cm³/mol. The number of carbonyl (C=O) groups excluding carboxylic acids is 2. The van der Waals surface area contributed by atoms with Crippen molar-refractivity contribution in [3.8, 4) is 0 Å². The van der Waals surface area contributed by atoms with Crippen molar-refractivity contribution in [1.82, 2.24) is 10.2 Å². The Morgan fingerprint density at radius 2 is 2.11 bits per heavy atom. The third-order valence-electron chi connectivity index (χ3n) is 4.02. The second-order valence-electron chi connectivity index (χ2n) is 4.67. The molecule has 3 atom stereocenters. The minimum atomic E-state index is -1.32.